The van der Waals surface area contributed by atoms with Crippen LogP contribution in [-0.4, -0.2) is 29.6 Å². The van der Waals surface area contributed by atoms with Gasteiger partial charge in [0.15, 0.2) is 0 Å². The minimum Gasteiger partial charge on any atom is -0.480 e. The molecule has 5 heteroatoms. The summed E-state index contributed by atoms with van der Waals surface area (Å²) in [4.78, 5) is 22.5. The summed E-state index contributed by atoms with van der Waals surface area (Å²) in [6.45, 7) is 4.05. The van der Waals surface area contributed by atoms with Crippen LogP contribution in [0.3, 0.4) is 0 Å². The number of nitrogens with one attached hydrogen (secondary N) is 2. The third kappa shape index (κ3) is 3.48. The Kier molecular flexibility index (Phi) is 4.51. The van der Waals surface area contributed by atoms with E-state index in [-0.39, 0.29) is 0 Å². The number of carboxylic acid groups (broad SMARTS) is 1. The molecule has 0 aliphatic heterocycles. The summed E-state index contributed by atoms with van der Waals surface area (Å²) in [7, 11) is 0. The van der Waals surface area contributed by atoms with E-state index >= 15 is 0 Å². The molecule has 0 radical (unpaired) electrons. The fourth-order valence-corrected chi connectivity index (χ4v) is 1.36. The number of benzene rings is 1. The molecule has 3 N–H and O–H groups in total. The van der Waals surface area contributed by atoms with Crippen LogP contribution in [0.15, 0.2) is 24.3 Å². The highest BCUT2D eigenvalue weighted by molar-refractivity contribution is 6.01. The Labute approximate surface area is 99.8 Å². The van der Waals surface area contributed by atoms with Crippen molar-refractivity contribution in [3.63, 3.8) is 0 Å². The summed E-state index contributed by atoms with van der Waals surface area (Å²) in [6.07, 6.45) is 0. The number of para-hydroxylation sites is 1. The van der Waals surface area contributed by atoms with Crippen molar-refractivity contribution in [2.75, 3.05) is 11.9 Å². The molecule has 0 bridgehead atoms. The predicted molar refractivity (Wildman–Crippen MR) is 65.2 cm³/mol. The average molecular weight is 236 g/mol. The molecule has 0 aromatic heterocycles. The molecule has 1 aromatic rings. The van der Waals surface area contributed by atoms with Gasteiger partial charge < -0.3 is 15.7 Å². The Hall–Kier alpha value is -2.04. The Morgan fingerprint density at radius 1 is 1.35 bits per heavy atom. The first-order chi connectivity index (χ1) is 8.06. The summed E-state index contributed by atoms with van der Waals surface area (Å²) < 4.78 is 0. The zero-order chi connectivity index (χ0) is 12.8. The molecule has 0 saturated carbocycles. The quantitative estimate of drug-likeness (QED) is 0.720. The molecule has 0 saturated heterocycles. The van der Waals surface area contributed by atoms with Crippen molar-refractivity contribution in [2.45, 2.75) is 19.9 Å². The van der Waals surface area contributed by atoms with Gasteiger partial charge in [0.2, 0.25) is 0 Å². The monoisotopic (exact) mass is 236 g/mol. The van der Waals surface area contributed by atoms with E-state index in [0.29, 0.717) is 17.8 Å². The van der Waals surface area contributed by atoms with E-state index < -0.39 is 17.9 Å². The molecule has 1 atom stereocenters. The van der Waals surface area contributed by atoms with E-state index in [0.717, 1.165) is 0 Å². The van der Waals surface area contributed by atoms with Crippen LogP contribution in [0.5, 0.6) is 0 Å². The zero-order valence-corrected chi connectivity index (χ0v) is 9.86. The highest BCUT2D eigenvalue weighted by Crippen LogP contribution is 2.14. The van der Waals surface area contributed by atoms with Crippen molar-refractivity contribution < 1.29 is 14.7 Å². The predicted octanol–water partition coefficient (Wildman–Crippen LogP) is 1.32. The average Bonchev–Trinajstić information content (AvgIpc) is 2.29. The number of hydrogen-bond donors (Lipinski definition) is 3. The molecule has 0 aliphatic rings. The summed E-state index contributed by atoms with van der Waals surface area (Å²) in [5.74, 6) is -1.45. The molecule has 0 fully saturated rings. The molecule has 17 heavy (non-hydrogen) atoms. The number of hydrogen-bond acceptors (Lipinski definition) is 3. The lowest BCUT2D eigenvalue weighted by molar-refractivity contribution is -0.138. The second-order valence-electron chi connectivity index (χ2n) is 3.61. The number of carbonyl (C=O) groups is 2. The van der Waals surface area contributed by atoms with Crippen LogP contribution < -0.4 is 10.6 Å². The lowest BCUT2D eigenvalue weighted by Crippen LogP contribution is -2.38. The normalized spacial score (nSPS) is 11.6. The van der Waals surface area contributed by atoms with Gasteiger partial charge in [0.25, 0.3) is 5.91 Å². The Bertz CT molecular complexity index is 418. The van der Waals surface area contributed by atoms with Gasteiger partial charge in [-0.05, 0) is 26.0 Å². The zero-order valence-electron chi connectivity index (χ0n) is 9.86. The van der Waals surface area contributed by atoms with Gasteiger partial charge in [0, 0.05) is 12.2 Å². The first-order valence-corrected chi connectivity index (χ1v) is 5.42. The topological polar surface area (TPSA) is 78.4 Å². The van der Waals surface area contributed by atoms with Crippen LogP contribution in [-0.2, 0) is 4.79 Å². The molecule has 0 spiro atoms. The van der Waals surface area contributed by atoms with Gasteiger partial charge in [-0.1, -0.05) is 12.1 Å². The third-order valence-corrected chi connectivity index (χ3v) is 2.26. The molecular weight excluding hydrogens is 220 g/mol. The maximum atomic E-state index is 11.8. The van der Waals surface area contributed by atoms with Gasteiger partial charge in [-0.3, -0.25) is 9.59 Å². The van der Waals surface area contributed by atoms with Gasteiger partial charge in [0.05, 0.1) is 5.56 Å². The molecule has 1 rings (SSSR count). The Balaban J connectivity index is 2.84. The van der Waals surface area contributed by atoms with E-state index in [1.165, 1.54) is 6.92 Å². The smallest absolute Gasteiger partial charge is 0.325 e. The first-order valence-electron chi connectivity index (χ1n) is 5.42. The van der Waals surface area contributed by atoms with Crippen molar-refractivity contribution in [3.8, 4) is 0 Å². The molecule has 1 amide bonds. The van der Waals surface area contributed by atoms with Crippen molar-refractivity contribution in [2.24, 2.45) is 0 Å². The van der Waals surface area contributed by atoms with E-state index in [1.54, 1.807) is 18.2 Å². The number of rotatable bonds is 5. The summed E-state index contributed by atoms with van der Waals surface area (Å²) in [5.41, 5.74) is 1.15. The molecule has 1 unspecified atom stereocenters. The van der Waals surface area contributed by atoms with Crippen molar-refractivity contribution >= 4 is 17.6 Å². The number of aliphatic carboxylic acids is 1. The van der Waals surface area contributed by atoms with Gasteiger partial charge in [-0.25, -0.2) is 0 Å². The number of carboxylic acids is 1. The van der Waals surface area contributed by atoms with E-state index in [1.807, 2.05) is 13.0 Å². The molecular formula is C12H16N2O3. The summed E-state index contributed by atoms with van der Waals surface area (Å²) >= 11 is 0. The lowest BCUT2D eigenvalue weighted by atomic mass is 10.1. The fourth-order valence-electron chi connectivity index (χ4n) is 1.36. The standard InChI is InChI=1S/C12H16N2O3/c1-3-13-10-7-5-4-6-9(10)11(15)14-8(2)12(16)17/h4-8,13H,3H2,1-2H3,(H,14,15)(H,16,17). The maximum Gasteiger partial charge on any atom is 0.325 e. The van der Waals surface area contributed by atoms with Crippen LogP contribution in [0.25, 0.3) is 0 Å². The van der Waals surface area contributed by atoms with Crippen molar-refractivity contribution in [1.82, 2.24) is 5.32 Å². The van der Waals surface area contributed by atoms with E-state index in [9.17, 15) is 9.59 Å². The summed E-state index contributed by atoms with van der Waals surface area (Å²) in [5, 5.41) is 14.2. The highest BCUT2D eigenvalue weighted by Gasteiger charge is 2.17. The van der Waals surface area contributed by atoms with Crippen molar-refractivity contribution in [3.05, 3.63) is 29.8 Å². The minimum atomic E-state index is -1.06. The van der Waals surface area contributed by atoms with Gasteiger partial charge in [-0.15, -0.1) is 0 Å². The van der Waals surface area contributed by atoms with Crippen LogP contribution in [0, 0.1) is 0 Å². The van der Waals surface area contributed by atoms with E-state index in [2.05, 4.69) is 10.6 Å². The second kappa shape index (κ2) is 5.89. The first kappa shape index (κ1) is 13.0. The minimum absolute atomic E-state index is 0.392. The van der Waals surface area contributed by atoms with Gasteiger partial charge in [-0.2, -0.15) is 0 Å². The van der Waals surface area contributed by atoms with Gasteiger partial charge in [0.1, 0.15) is 6.04 Å². The molecule has 92 valence electrons. The van der Waals surface area contributed by atoms with Crippen LogP contribution in [0.1, 0.15) is 24.2 Å². The third-order valence-electron chi connectivity index (χ3n) is 2.26. The van der Waals surface area contributed by atoms with Gasteiger partial charge >= 0.3 is 5.97 Å². The molecule has 0 aliphatic carbocycles. The summed E-state index contributed by atoms with van der Waals surface area (Å²) in [6, 6.07) is 6.08. The highest BCUT2D eigenvalue weighted by atomic mass is 16.4. The Morgan fingerprint density at radius 2 is 2.00 bits per heavy atom. The maximum absolute atomic E-state index is 11.8. The molecule has 0 heterocycles. The van der Waals surface area contributed by atoms with E-state index in [4.69, 9.17) is 5.11 Å². The number of anilines is 1. The Morgan fingerprint density at radius 3 is 2.59 bits per heavy atom. The largest absolute Gasteiger partial charge is 0.480 e. The lowest BCUT2D eigenvalue weighted by Gasteiger charge is -2.13. The van der Waals surface area contributed by atoms with Crippen LogP contribution in [0.4, 0.5) is 5.69 Å². The molecule has 5 nitrogen and oxygen atoms in total. The van der Waals surface area contributed by atoms with Crippen molar-refractivity contribution in [1.29, 1.82) is 0 Å². The second-order valence-corrected chi connectivity index (χ2v) is 3.61. The van der Waals surface area contributed by atoms with Crippen LogP contribution in [0.2, 0.25) is 0 Å². The fraction of sp³-hybridized carbons (Fsp3) is 0.333. The van der Waals surface area contributed by atoms with Crippen LogP contribution >= 0.6 is 0 Å². The number of carbonyl (C=O) groups excluding carboxylic acids is 1. The molecule has 1 aromatic carbocycles. The number of amides is 1. The SMILES string of the molecule is CCNc1ccccc1C(=O)NC(C)C(=O)O.